The van der Waals surface area contributed by atoms with Gasteiger partial charge in [-0.1, -0.05) is 39.5 Å². The van der Waals surface area contributed by atoms with Crippen LogP contribution in [0.25, 0.3) is 0 Å². The zero-order valence-electron chi connectivity index (χ0n) is 9.33. The fourth-order valence-electron chi connectivity index (χ4n) is 1.80. The van der Waals surface area contributed by atoms with Gasteiger partial charge in [0.05, 0.1) is 11.5 Å². The highest BCUT2D eigenvalue weighted by Gasteiger charge is 2.23. The monoisotopic (exact) mass is 218 g/mol. The Morgan fingerprint density at radius 3 is 2.00 bits per heavy atom. The molecule has 1 saturated carbocycles. The zero-order chi connectivity index (χ0) is 10.6. The van der Waals surface area contributed by atoms with Crippen molar-refractivity contribution in [1.82, 2.24) is 0 Å². The average Bonchev–Trinajstić information content (AvgIpc) is 2.81. The van der Waals surface area contributed by atoms with Crippen LogP contribution in [0.5, 0.6) is 0 Å². The van der Waals surface area contributed by atoms with Crippen LogP contribution in [0.4, 0.5) is 0 Å². The van der Waals surface area contributed by atoms with Crippen LogP contribution in [0.3, 0.4) is 0 Å². The largest absolute Gasteiger partial charge is 0.229 e. The molecule has 3 heteroatoms. The van der Waals surface area contributed by atoms with Gasteiger partial charge in [-0.25, -0.2) is 8.42 Å². The van der Waals surface area contributed by atoms with Crippen molar-refractivity contribution in [3.63, 3.8) is 0 Å². The number of rotatable bonds is 2. The second-order valence-electron chi connectivity index (χ2n) is 4.74. The molecule has 2 nitrogen and oxygen atoms in total. The van der Waals surface area contributed by atoms with Crippen LogP contribution in [-0.2, 0) is 9.84 Å². The molecule has 2 aliphatic rings. The first-order valence-electron chi connectivity index (χ1n) is 5.74. The first kappa shape index (κ1) is 12.0. The van der Waals surface area contributed by atoms with Crippen molar-refractivity contribution in [3.8, 4) is 0 Å². The van der Waals surface area contributed by atoms with E-state index in [2.05, 4.69) is 6.92 Å². The molecule has 0 aromatic carbocycles. The summed E-state index contributed by atoms with van der Waals surface area (Å²) in [6.07, 6.45) is 6.79. The van der Waals surface area contributed by atoms with Crippen LogP contribution >= 0.6 is 0 Å². The van der Waals surface area contributed by atoms with E-state index in [4.69, 9.17) is 0 Å². The van der Waals surface area contributed by atoms with E-state index in [1.807, 2.05) is 6.92 Å². The highest BCUT2D eigenvalue weighted by Crippen LogP contribution is 2.32. The van der Waals surface area contributed by atoms with Crippen molar-refractivity contribution in [2.24, 2.45) is 11.8 Å². The number of hydrogen-bond acceptors (Lipinski definition) is 2. The van der Waals surface area contributed by atoms with Crippen molar-refractivity contribution in [2.45, 2.75) is 46.0 Å². The first-order valence-corrected chi connectivity index (χ1v) is 7.56. The molecule has 0 aromatic rings. The molecule has 2 fully saturated rings. The van der Waals surface area contributed by atoms with Crippen LogP contribution in [0.1, 0.15) is 46.0 Å². The van der Waals surface area contributed by atoms with E-state index >= 15 is 0 Å². The Labute approximate surface area is 88.0 Å². The minimum Gasteiger partial charge on any atom is -0.229 e. The fraction of sp³-hybridized carbons (Fsp3) is 1.00. The maximum absolute atomic E-state index is 10.6. The van der Waals surface area contributed by atoms with Crippen molar-refractivity contribution in [3.05, 3.63) is 0 Å². The van der Waals surface area contributed by atoms with Gasteiger partial charge in [0.15, 0.2) is 9.84 Å². The van der Waals surface area contributed by atoms with Gasteiger partial charge in [-0.05, 0) is 18.3 Å². The highest BCUT2D eigenvalue weighted by molar-refractivity contribution is 7.91. The Bertz CT molecular complexity index is 252. The Morgan fingerprint density at radius 1 is 1.21 bits per heavy atom. The molecule has 0 radical (unpaired) electrons. The van der Waals surface area contributed by atoms with E-state index in [0.717, 1.165) is 12.3 Å². The molecule has 0 aromatic heterocycles. The van der Waals surface area contributed by atoms with Gasteiger partial charge in [-0.2, -0.15) is 0 Å². The molecule has 1 unspecified atom stereocenters. The summed E-state index contributed by atoms with van der Waals surface area (Å²) in [6.45, 7) is 4.24. The summed E-state index contributed by atoms with van der Waals surface area (Å²) >= 11 is 0. The van der Waals surface area contributed by atoms with Crippen LogP contribution in [0.15, 0.2) is 0 Å². The standard InChI is InChI=1S/C6H12.C5H10O2S/c1-2-3-6-4-5-6;1-5-2-3-8(6,7)4-5/h6H,2-5H2,1H3;5H,2-4H2,1H3. The third-order valence-corrected chi connectivity index (χ3v) is 4.79. The van der Waals surface area contributed by atoms with Gasteiger partial charge in [0.2, 0.25) is 0 Å². The highest BCUT2D eigenvalue weighted by atomic mass is 32.2. The second-order valence-corrected chi connectivity index (χ2v) is 6.97. The maximum atomic E-state index is 10.6. The molecule has 1 aliphatic heterocycles. The second kappa shape index (κ2) is 5.15. The van der Waals surface area contributed by atoms with Crippen molar-refractivity contribution in [1.29, 1.82) is 0 Å². The van der Waals surface area contributed by atoms with Crippen LogP contribution in [-0.4, -0.2) is 19.9 Å². The summed E-state index contributed by atoms with van der Waals surface area (Å²) in [6, 6.07) is 0. The van der Waals surface area contributed by atoms with Gasteiger partial charge in [-0.15, -0.1) is 0 Å². The molecule has 1 saturated heterocycles. The molecule has 0 amide bonds. The smallest absolute Gasteiger partial charge is 0.150 e. The normalized spacial score (nSPS) is 29.4. The SMILES string of the molecule is CC1CCS(=O)(=O)C1.CCCC1CC1. The summed E-state index contributed by atoms with van der Waals surface area (Å²) < 4.78 is 21.3. The predicted molar refractivity (Wildman–Crippen MR) is 60.1 cm³/mol. The van der Waals surface area contributed by atoms with E-state index in [9.17, 15) is 8.42 Å². The lowest BCUT2D eigenvalue weighted by Gasteiger charge is -1.90. The van der Waals surface area contributed by atoms with Crippen molar-refractivity contribution in [2.75, 3.05) is 11.5 Å². The third-order valence-electron chi connectivity index (χ3n) is 2.85. The number of sulfone groups is 1. The van der Waals surface area contributed by atoms with Gasteiger partial charge >= 0.3 is 0 Å². The number of hydrogen-bond donors (Lipinski definition) is 0. The lowest BCUT2D eigenvalue weighted by Crippen LogP contribution is -2.01. The summed E-state index contributed by atoms with van der Waals surface area (Å²) in [5, 5.41) is 0. The van der Waals surface area contributed by atoms with Crippen molar-refractivity contribution >= 4 is 9.84 Å². The van der Waals surface area contributed by atoms with Gasteiger partial charge < -0.3 is 0 Å². The minimum absolute atomic E-state index is 0.403. The lowest BCUT2D eigenvalue weighted by atomic mass is 10.2. The van der Waals surface area contributed by atoms with E-state index in [-0.39, 0.29) is 0 Å². The molecule has 2 rings (SSSR count). The molecule has 84 valence electrons. The van der Waals surface area contributed by atoms with Crippen LogP contribution in [0, 0.1) is 11.8 Å². The van der Waals surface area contributed by atoms with Gasteiger partial charge in [0.1, 0.15) is 0 Å². The predicted octanol–water partition coefficient (Wildman–Crippen LogP) is 2.64. The fourth-order valence-corrected chi connectivity index (χ4v) is 3.76. The molecule has 0 N–H and O–H groups in total. The molecule has 1 heterocycles. The molecular weight excluding hydrogens is 196 g/mol. The van der Waals surface area contributed by atoms with Gasteiger partial charge in [0.25, 0.3) is 0 Å². The molecule has 0 bridgehead atoms. The first-order chi connectivity index (χ1) is 6.53. The Hall–Kier alpha value is -0.0500. The molecule has 0 spiro atoms. The molecule has 1 aliphatic carbocycles. The summed E-state index contributed by atoms with van der Waals surface area (Å²) in [5.74, 6) is 2.37. The van der Waals surface area contributed by atoms with Gasteiger partial charge in [-0.3, -0.25) is 0 Å². The van der Waals surface area contributed by atoms with E-state index in [1.165, 1.54) is 25.7 Å². The minimum atomic E-state index is -2.60. The molecule has 1 atom stereocenters. The molecule has 14 heavy (non-hydrogen) atoms. The summed E-state index contributed by atoms with van der Waals surface area (Å²) in [4.78, 5) is 0. The summed E-state index contributed by atoms with van der Waals surface area (Å²) in [5.41, 5.74) is 0. The third kappa shape index (κ3) is 4.99. The van der Waals surface area contributed by atoms with Gasteiger partial charge in [0, 0.05) is 0 Å². The Balaban J connectivity index is 0.000000146. The average molecular weight is 218 g/mol. The quantitative estimate of drug-likeness (QED) is 0.714. The van der Waals surface area contributed by atoms with Crippen molar-refractivity contribution < 1.29 is 8.42 Å². The lowest BCUT2D eigenvalue weighted by molar-refractivity contribution is 0.599. The van der Waals surface area contributed by atoms with Crippen LogP contribution < -0.4 is 0 Å². The zero-order valence-corrected chi connectivity index (χ0v) is 10.1. The van der Waals surface area contributed by atoms with E-state index in [1.54, 1.807) is 0 Å². The Kier molecular flexibility index (Phi) is 4.42. The van der Waals surface area contributed by atoms with E-state index in [0.29, 0.717) is 17.4 Å². The molecular formula is C11H22O2S. The van der Waals surface area contributed by atoms with Crippen LogP contribution in [0.2, 0.25) is 0 Å². The Morgan fingerprint density at radius 2 is 1.86 bits per heavy atom. The maximum Gasteiger partial charge on any atom is 0.150 e. The summed E-state index contributed by atoms with van der Waals surface area (Å²) in [7, 11) is -2.60. The van der Waals surface area contributed by atoms with E-state index < -0.39 is 9.84 Å². The topological polar surface area (TPSA) is 34.1 Å².